The van der Waals surface area contributed by atoms with Crippen LogP contribution in [0.5, 0.6) is 5.75 Å². The third kappa shape index (κ3) is 2.49. The van der Waals surface area contributed by atoms with Crippen molar-refractivity contribution in [3.8, 4) is 11.8 Å². The first kappa shape index (κ1) is 11.1. The highest BCUT2D eigenvalue weighted by molar-refractivity contribution is 9.10. The molecule has 0 N–H and O–H groups in total. The van der Waals surface area contributed by atoms with E-state index in [1.54, 1.807) is 6.92 Å². The predicted octanol–water partition coefficient (Wildman–Crippen LogP) is 3.36. The van der Waals surface area contributed by atoms with Crippen molar-refractivity contribution in [2.75, 3.05) is 0 Å². The quantitative estimate of drug-likeness (QED) is 0.810. The highest BCUT2D eigenvalue weighted by Gasteiger charge is 2.08. The molecule has 14 heavy (non-hydrogen) atoms. The van der Waals surface area contributed by atoms with E-state index in [9.17, 15) is 0 Å². The molecule has 1 aromatic carbocycles. The van der Waals surface area contributed by atoms with E-state index in [0.717, 1.165) is 21.3 Å². The summed E-state index contributed by atoms with van der Waals surface area (Å²) in [5.74, 6) is 0.808. The topological polar surface area (TPSA) is 33.0 Å². The Labute approximate surface area is 92.6 Å². The standard InChI is InChI=1S/C11H12BrNO/c1-7-4-10(12)5-8(2)11(7)14-9(3)6-13/h4-5,9H,1-3H3. The van der Waals surface area contributed by atoms with Gasteiger partial charge in [0.15, 0.2) is 6.10 Å². The molecule has 1 aromatic rings. The molecule has 2 nitrogen and oxygen atoms in total. The van der Waals surface area contributed by atoms with Crippen LogP contribution in [0.2, 0.25) is 0 Å². The summed E-state index contributed by atoms with van der Waals surface area (Å²) in [6.07, 6.45) is -0.409. The van der Waals surface area contributed by atoms with Crippen LogP contribution >= 0.6 is 15.9 Å². The van der Waals surface area contributed by atoms with Gasteiger partial charge in [0.05, 0.1) is 0 Å². The molecule has 0 saturated carbocycles. The fourth-order valence-electron chi connectivity index (χ4n) is 1.29. The molecule has 3 heteroatoms. The molecule has 0 aliphatic rings. The highest BCUT2D eigenvalue weighted by atomic mass is 79.9. The predicted molar refractivity (Wildman–Crippen MR) is 59.3 cm³/mol. The van der Waals surface area contributed by atoms with E-state index in [1.165, 1.54) is 0 Å². The first-order valence-electron chi connectivity index (χ1n) is 4.37. The Morgan fingerprint density at radius 2 is 1.86 bits per heavy atom. The maximum atomic E-state index is 8.65. The van der Waals surface area contributed by atoms with Crippen molar-refractivity contribution < 1.29 is 4.74 Å². The van der Waals surface area contributed by atoms with E-state index < -0.39 is 6.10 Å². The molecule has 0 aliphatic carbocycles. The molecule has 74 valence electrons. The molecule has 0 amide bonds. The van der Waals surface area contributed by atoms with Crippen LogP contribution in [-0.2, 0) is 0 Å². The number of rotatable bonds is 2. The smallest absolute Gasteiger partial charge is 0.181 e. The Hall–Kier alpha value is -1.01. The van der Waals surface area contributed by atoms with Gasteiger partial charge in [-0.2, -0.15) is 5.26 Å². The average molecular weight is 254 g/mol. The Morgan fingerprint density at radius 1 is 1.36 bits per heavy atom. The van der Waals surface area contributed by atoms with Crippen LogP contribution in [0.3, 0.4) is 0 Å². The summed E-state index contributed by atoms with van der Waals surface area (Å²) in [7, 11) is 0. The van der Waals surface area contributed by atoms with Crippen LogP contribution in [0.15, 0.2) is 16.6 Å². The monoisotopic (exact) mass is 253 g/mol. The van der Waals surface area contributed by atoms with Gasteiger partial charge in [-0.05, 0) is 44.0 Å². The van der Waals surface area contributed by atoms with Crippen LogP contribution in [0.25, 0.3) is 0 Å². The second-order valence-corrected chi connectivity index (χ2v) is 4.17. The molecule has 0 bridgehead atoms. The van der Waals surface area contributed by atoms with Gasteiger partial charge in [-0.25, -0.2) is 0 Å². The minimum absolute atomic E-state index is 0.409. The largest absolute Gasteiger partial charge is 0.475 e. The summed E-state index contributed by atoms with van der Waals surface area (Å²) in [5.41, 5.74) is 2.08. The first-order chi connectivity index (χ1) is 6.54. The van der Waals surface area contributed by atoms with Gasteiger partial charge in [-0.15, -0.1) is 0 Å². The molecule has 0 spiro atoms. The number of hydrogen-bond acceptors (Lipinski definition) is 2. The van der Waals surface area contributed by atoms with Crippen molar-refractivity contribution in [1.82, 2.24) is 0 Å². The third-order valence-electron chi connectivity index (χ3n) is 1.90. The zero-order chi connectivity index (χ0) is 10.7. The third-order valence-corrected chi connectivity index (χ3v) is 2.36. The van der Waals surface area contributed by atoms with Gasteiger partial charge in [0, 0.05) is 4.47 Å². The molecule has 0 radical (unpaired) electrons. The van der Waals surface area contributed by atoms with E-state index in [4.69, 9.17) is 10.00 Å². The zero-order valence-electron chi connectivity index (χ0n) is 8.47. The molecule has 0 heterocycles. The maximum absolute atomic E-state index is 8.65. The lowest BCUT2D eigenvalue weighted by molar-refractivity contribution is 0.272. The molecule has 1 atom stereocenters. The Morgan fingerprint density at radius 3 is 2.29 bits per heavy atom. The van der Waals surface area contributed by atoms with Gasteiger partial charge in [-0.3, -0.25) is 0 Å². The molecular formula is C11H12BrNO. The number of hydrogen-bond donors (Lipinski definition) is 0. The van der Waals surface area contributed by atoms with Gasteiger partial charge in [0.1, 0.15) is 11.8 Å². The van der Waals surface area contributed by atoms with Gasteiger partial charge in [-0.1, -0.05) is 15.9 Å². The lowest BCUT2D eigenvalue weighted by atomic mass is 10.1. The minimum Gasteiger partial charge on any atom is -0.475 e. The summed E-state index contributed by atoms with van der Waals surface area (Å²) in [5, 5.41) is 8.65. The van der Waals surface area contributed by atoms with Crippen molar-refractivity contribution in [2.45, 2.75) is 26.9 Å². The van der Waals surface area contributed by atoms with Crippen molar-refractivity contribution in [1.29, 1.82) is 5.26 Å². The van der Waals surface area contributed by atoms with Crippen molar-refractivity contribution >= 4 is 15.9 Å². The fraction of sp³-hybridized carbons (Fsp3) is 0.364. The van der Waals surface area contributed by atoms with Crippen LogP contribution in [-0.4, -0.2) is 6.10 Å². The second-order valence-electron chi connectivity index (χ2n) is 3.26. The average Bonchev–Trinajstić information content (AvgIpc) is 2.10. The summed E-state index contributed by atoms with van der Waals surface area (Å²) in [6.45, 7) is 5.68. The van der Waals surface area contributed by atoms with Crippen LogP contribution in [0, 0.1) is 25.2 Å². The van der Waals surface area contributed by atoms with Crippen molar-refractivity contribution in [2.24, 2.45) is 0 Å². The van der Waals surface area contributed by atoms with E-state index in [2.05, 4.69) is 15.9 Å². The Balaban J connectivity index is 3.04. The molecular weight excluding hydrogens is 242 g/mol. The van der Waals surface area contributed by atoms with Gasteiger partial charge in [0.25, 0.3) is 0 Å². The van der Waals surface area contributed by atoms with Crippen molar-refractivity contribution in [3.05, 3.63) is 27.7 Å². The lowest BCUT2D eigenvalue weighted by Crippen LogP contribution is -2.10. The van der Waals surface area contributed by atoms with Crippen molar-refractivity contribution in [3.63, 3.8) is 0 Å². The maximum Gasteiger partial charge on any atom is 0.181 e. The number of aryl methyl sites for hydroxylation is 2. The number of nitriles is 1. The SMILES string of the molecule is Cc1cc(Br)cc(C)c1OC(C)C#N. The first-order valence-corrected chi connectivity index (χ1v) is 5.17. The Kier molecular flexibility index (Phi) is 3.54. The van der Waals surface area contributed by atoms with E-state index in [-0.39, 0.29) is 0 Å². The molecule has 1 unspecified atom stereocenters. The zero-order valence-corrected chi connectivity index (χ0v) is 10.1. The molecule has 0 aromatic heterocycles. The van der Waals surface area contributed by atoms with Gasteiger partial charge in [0.2, 0.25) is 0 Å². The Bertz CT molecular complexity index is 358. The van der Waals surface area contributed by atoms with Gasteiger partial charge >= 0.3 is 0 Å². The number of ether oxygens (including phenoxy) is 1. The second kappa shape index (κ2) is 4.47. The van der Waals surface area contributed by atoms with E-state index in [0.29, 0.717) is 0 Å². The van der Waals surface area contributed by atoms with Gasteiger partial charge < -0.3 is 4.74 Å². The van der Waals surface area contributed by atoms with Crippen LogP contribution in [0.1, 0.15) is 18.1 Å². The fourth-order valence-corrected chi connectivity index (χ4v) is 1.97. The van der Waals surface area contributed by atoms with E-state index >= 15 is 0 Å². The lowest BCUT2D eigenvalue weighted by Gasteiger charge is -2.13. The number of nitrogens with zero attached hydrogens (tertiary/aromatic N) is 1. The molecule has 0 saturated heterocycles. The molecule has 0 aliphatic heterocycles. The summed E-state index contributed by atoms with van der Waals surface area (Å²) in [6, 6.07) is 6.01. The molecule has 1 rings (SSSR count). The summed E-state index contributed by atoms with van der Waals surface area (Å²) >= 11 is 3.41. The number of benzene rings is 1. The van der Waals surface area contributed by atoms with E-state index in [1.807, 2.05) is 32.0 Å². The highest BCUT2D eigenvalue weighted by Crippen LogP contribution is 2.27. The minimum atomic E-state index is -0.409. The summed E-state index contributed by atoms with van der Waals surface area (Å²) in [4.78, 5) is 0. The molecule has 0 fully saturated rings. The van der Waals surface area contributed by atoms with Crippen LogP contribution in [0.4, 0.5) is 0 Å². The summed E-state index contributed by atoms with van der Waals surface area (Å²) < 4.78 is 6.53. The normalized spacial score (nSPS) is 11.9. The van der Waals surface area contributed by atoms with Crippen LogP contribution < -0.4 is 4.74 Å². The number of halogens is 1.